The highest BCUT2D eigenvalue weighted by molar-refractivity contribution is 5.85. The third-order valence-electron chi connectivity index (χ3n) is 4.59. The second kappa shape index (κ2) is 8.85. The van der Waals surface area contributed by atoms with Gasteiger partial charge in [0.1, 0.15) is 0 Å². The molecule has 1 heterocycles. The Labute approximate surface area is 171 Å². The van der Waals surface area contributed by atoms with Crippen LogP contribution in [0.5, 0.6) is 11.5 Å². The lowest BCUT2D eigenvalue weighted by Gasteiger charge is -2.28. The summed E-state index contributed by atoms with van der Waals surface area (Å²) < 4.78 is 92.2. The van der Waals surface area contributed by atoms with Crippen molar-refractivity contribution in [2.45, 2.75) is 31.5 Å². The molecule has 27 heavy (non-hydrogen) atoms. The van der Waals surface area contributed by atoms with Gasteiger partial charge in [-0.1, -0.05) is 12.1 Å². The highest BCUT2D eigenvalue weighted by atomic mass is 35.5. The SMILES string of the molecule is Cl.[2H]C([2H])([2H])Oc1cc2c(cc1OC([2H])([2H])[2H])[C@H](CCc1ccc(C(F)(F)F)cc1)NCC2. The number of aryl methyl sites for hydroxylation is 1. The van der Waals surface area contributed by atoms with Crippen molar-refractivity contribution in [3.05, 3.63) is 58.7 Å². The van der Waals surface area contributed by atoms with Gasteiger partial charge in [0.2, 0.25) is 0 Å². The molecule has 2 aromatic rings. The normalized spacial score (nSPS) is 20.5. The van der Waals surface area contributed by atoms with Crippen LogP contribution in [0.25, 0.3) is 0 Å². The fourth-order valence-electron chi connectivity index (χ4n) is 3.24. The van der Waals surface area contributed by atoms with E-state index in [1.54, 1.807) is 0 Å². The van der Waals surface area contributed by atoms with Crippen LogP contribution in [0.1, 0.15) is 42.9 Å². The van der Waals surface area contributed by atoms with Crippen LogP contribution in [-0.4, -0.2) is 20.6 Å². The van der Waals surface area contributed by atoms with Gasteiger partial charge in [0.25, 0.3) is 0 Å². The summed E-state index contributed by atoms with van der Waals surface area (Å²) in [5.41, 5.74) is 1.54. The average Bonchev–Trinajstić information content (AvgIpc) is 2.64. The van der Waals surface area contributed by atoms with Crippen molar-refractivity contribution < 1.29 is 30.9 Å². The van der Waals surface area contributed by atoms with Crippen molar-refractivity contribution in [2.24, 2.45) is 0 Å². The van der Waals surface area contributed by atoms with E-state index in [9.17, 15) is 13.2 Å². The van der Waals surface area contributed by atoms with E-state index in [-0.39, 0.29) is 29.9 Å². The van der Waals surface area contributed by atoms with Gasteiger partial charge in [-0.25, -0.2) is 0 Å². The first kappa shape index (κ1) is 14.1. The van der Waals surface area contributed by atoms with Crippen LogP contribution >= 0.6 is 12.4 Å². The molecule has 2 aromatic carbocycles. The summed E-state index contributed by atoms with van der Waals surface area (Å²) in [6.45, 7) is 0.595. The van der Waals surface area contributed by atoms with Gasteiger partial charge in [-0.2, -0.15) is 13.2 Å². The first-order valence-corrected chi connectivity index (χ1v) is 8.16. The number of ether oxygens (including phenoxy) is 2. The zero-order chi connectivity index (χ0) is 23.7. The molecule has 0 fully saturated rings. The van der Waals surface area contributed by atoms with Gasteiger partial charge in [0.15, 0.2) is 11.5 Å². The molecule has 0 spiro atoms. The summed E-state index contributed by atoms with van der Waals surface area (Å²) in [4.78, 5) is 0. The minimum absolute atomic E-state index is 0. The van der Waals surface area contributed by atoms with Gasteiger partial charge in [-0.05, 0) is 66.8 Å². The highest BCUT2D eigenvalue weighted by Gasteiger charge is 2.30. The maximum Gasteiger partial charge on any atom is 0.416 e. The van der Waals surface area contributed by atoms with E-state index in [1.807, 2.05) is 0 Å². The zero-order valence-electron chi connectivity index (χ0n) is 20.2. The lowest BCUT2D eigenvalue weighted by Crippen LogP contribution is -2.30. The first-order chi connectivity index (χ1) is 14.7. The van der Waals surface area contributed by atoms with E-state index in [0.717, 1.165) is 28.8 Å². The van der Waals surface area contributed by atoms with Gasteiger partial charge in [-0.15, -0.1) is 12.4 Å². The molecule has 3 rings (SSSR count). The molecule has 0 bridgehead atoms. The molecule has 0 aliphatic carbocycles. The molecular weight excluding hydrogens is 379 g/mol. The Balaban J connectivity index is 0.00000385. The standard InChI is InChI=1S/C20H22F3NO2.ClH/c1-25-18-11-14-9-10-24-17(16(14)12-19(18)26-2)8-5-13-3-6-15(7-4-13)20(21,22)23;/h3-4,6-7,11-12,17,24H,5,8-10H2,1-2H3;1H/t17-;/m0./s1/i1D3,2D3;. The van der Waals surface area contributed by atoms with Gasteiger partial charge in [-0.3, -0.25) is 0 Å². The predicted molar refractivity (Wildman–Crippen MR) is 101 cm³/mol. The molecule has 1 aliphatic rings. The summed E-state index contributed by atoms with van der Waals surface area (Å²) in [5, 5.41) is 3.31. The Kier molecular flexibility index (Phi) is 4.63. The number of hydrogen-bond acceptors (Lipinski definition) is 3. The second-order valence-electron chi connectivity index (χ2n) is 6.19. The average molecular weight is 408 g/mol. The van der Waals surface area contributed by atoms with E-state index in [0.29, 0.717) is 25.8 Å². The van der Waals surface area contributed by atoms with Gasteiger partial charge < -0.3 is 14.8 Å². The lowest BCUT2D eigenvalue weighted by molar-refractivity contribution is -0.137. The molecule has 1 aliphatic heterocycles. The van der Waals surface area contributed by atoms with Crippen LogP contribution in [0.2, 0.25) is 0 Å². The van der Waals surface area contributed by atoms with Crippen molar-refractivity contribution in [1.82, 2.24) is 5.32 Å². The lowest BCUT2D eigenvalue weighted by atomic mass is 9.90. The summed E-state index contributed by atoms with van der Waals surface area (Å²) in [5.74, 6) is -0.383. The molecule has 0 unspecified atom stereocenters. The minimum Gasteiger partial charge on any atom is -0.493 e. The maximum atomic E-state index is 12.7. The number of halogens is 4. The molecule has 0 amide bonds. The van der Waals surface area contributed by atoms with E-state index >= 15 is 0 Å². The summed E-state index contributed by atoms with van der Waals surface area (Å²) in [6.07, 6.45) is -2.81. The number of alkyl halides is 3. The van der Waals surface area contributed by atoms with Gasteiger partial charge in [0.05, 0.1) is 27.9 Å². The Morgan fingerprint density at radius 3 is 2.41 bits per heavy atom. The Hall–Kier alpha value is -1.92. The molecule has 7 heteroatoms. The van der Waals surface area contributed by atoms with E-state index in [2.05, 4.69) is 5.32 Å². The van der Waals surface area contributed by atoms with Gasteiger partial charge >= 0.3 is 6.18 Å². The topological polar surface area (TPSA) is 30.5 Å². The van der Waals surface area contributed by atoms with E-state index < -0.39 is 25.8 Å². The summed E-state index contributed by atoms with van der Waals surface area (Å²) in [7, 11) is -5.59. The summed E-state index contributed by atoms with van der Waals surface area (Å²) in [6, 6.07) is 7.67. The van der Waals surface area contributed by atoms with Crippen LogP contribution in [0.4, 0.5) is 13.2 Å². The van der Waals surface area contributed by atoms with Gasteiger partial charge in [0, 0.05) is 6.04 Å². The molecule has 148 valence electrons. The number of benzene rings is 2. The van der Waals surface area contributed by atoms with Crippen LogP contribution in [0, 0.1) is 0 Å². The van der Waals surface area contributed by atoms with Crippen LogP contribution in [0.15, 0.2) is 36.4 Å². The third-order valence-corrected chi connectivity index (χ3v) is 4.59. The molecule has 0 aromatic heterocycles. The van der Waals surface area contributed by atoms with E-state index in [4.69, 9.17) is 17.7 Å². The molecule has 0 saturated heterocycles. The van der Waals surface area contributed by atoms with E-state index in [1.165, 1.54) is 24.3 Å². The van der Waals surface area contributed by atoms with Crippen molar-refractivity contribution in [3.8, 4) is 11.5 Å². The molecule has 0 saturated carbocycles. The van der Waals surface area contributed by atoms with Crippen LogP contribution < -0.4 is 14.8 Å². The monoisotopic (exact) mass is 407 g/mol. The Morgan fingerprint density at radius 1 is 1.11 bits per heavy atom. The Bertz CT molecular complexity index is 949. The van der Waals surface area contributed by atoms with Crippen LogP contribution in [0.3, 0.4) is 0 Å². The van der Waals surface area contributed by atoms with Crippen molar-refractivity contribution in [1.29, 1.82) is 0 Å². The highest BCUT2D eigenvalue weighted by Crippen LogP contribution is 2.36. The quantitative estimate of drug-likeness (QED) is 0.759. The molecule has 1 atom stereocenters. The smallest absolute Gasteiger partial charge is 0.416 e. The fourth-order valence-corrected chi connectivity index (χ4v) is 3.24. The largest absolute Gasteiger partial charge is 0.493 e. The third kappa shape index (κ3) is 4.87. The van der Waals surface area contributed by atoms with Crippen molar-refractivity contribution in [3.63, 3.8) is 0 Å². The predicted octanol–water partition coefficient (Wildman–Crippen LogP) is 4.96. The molecular formula is C20H23ClF3NO2. The fraction of sp³-hybridized carbons (Fsp3) is 0.400. The number of hydrogen-bond donors (Lipinski definition) is 1. The Morgan fingerprint density at radius 2 is 1.78 bits per heavy atom. The van der Waals surface area contributed by atoms with Crippen molar-refractivity contribution >= 4 is 12.4 Å². The number of nitrogens with one attached hydrogen (secondary N) is 1. The second-order valence-corrected chi connectivity index (χ2v) is 6.19. The number of fused-ring (bicyclic) bond motifs is 1. The first-order valence-electron chi connectivity index (χ1n) is 11.2. The molecule has 1 N–H and O–H groups in total. The maximum absolute atomic E-state index is 12.7. The number of rotatable bonds is 5. The summed E-state index contributed by atoms with van der Waals surface area (Å²) >= 11 is 0. The van der Waals surface area contributed by atoms with Crippen molar-refractivity contribution in [2.75, 3.05) is 20.6 Å². The molecule has 3 nitrogen and oxygen atoms in total. The molecule has 0 radical (unpaired) electrons. The zero-order valence-corrected chi connectivity index (χ0v) is 15.0. The van der Waals surface area contributed by atoms with Crippen LogP contribution in [-0.2, 0) is 19.0 Å². The minimum atomic E-state index is -4.39. The number of methoxy groups -OCH3 is 2.